The van der Waals surface area contributed by atoms with E-state index in [0.29, 0.717) is 12.2 Å². The van der Waals surface area contributed by atoms with Gasteiger partial charge in [0.2, 0.25) is 0 Å². The number of Topliss-reactive ketones (excluding diaryl/α,β-unsaturated/α-hetero) is 1. The minimum atomic E-state index is -3.04. The molecule has 0 amide bonds. The molecule has 1 aromatic heterocycles. The van der Waals surface area contributed by atoms with E-state index in [4.69, 9.17) is 9.15 Å². The normalized spacial score (nSPS) is 19.9. The zero-order chi connectivity index (χ0) is 22.2. The average Bonchev–Trinajstić information content (AvgIpc) is 3.12. The van der Waals surface area contributed by atoms with Crippen LogP contribution in [0.4, 0.5) is 0 Å². The predicted molar refractivity (Wildman–Crippen MR) is 123 cm³/mol. The Morgan fingerprint density at radius 2 is 1.77 bits per heavy atom. The van der Waals surface area contributed by atoms with E-state index in [9.17, 15) is 13.2 Å². The fraction of sp³-hybridized carbons (Fsp3) is 0.480. The van der Waals surface area contributed by atoms with Crippen LogP contribution in [-0.2, 0) is 21.1 Å². The molecule has 1 aliphatic rings. The molecule has 5 nitrogen and oxygen atoms in total. The molecule has 0 bridgehead atoms. The summed E-state index contributed by atoms with van der Waals surface area (Å²) in [4.78, 5) is 13.1. The first-order valence-corrected chi connectivity index (χ1v) is 12.7. The summed E-state index contributed by atoms with van der Waals surface area (Å²) in [6.45, 7) is 3.47. The highest BCUT2D eigenvalue weighted by Gasteiger charge is 2.30. The zero-order valence-electron chi connectivity index (χ0n) is 18.4. The monoisotopic (exact) mass is 442 g/mol. The van der Waals surface area contributed by atoms with Crippen LogP contribution in [0.15, 0.2) is 40.8 Å². The Labute approximate surface area is 183 Å². The van der Waals surface area contributed by atoms with Crippen LogP contribution in [0.5, 0.6) is 5.75 Å². The Balaban J connectivity index is 1.49. The molecule has 1 saturated carbocycles. The van der Waals surface area contributed by atoms with Crippen LogP contribution >= 0.6 is 0 Å². The summed E-state index contributed by atoms with van der Waals surface area (Å²) in [5.41, 5.74) is 2.42. The van der Waals surface area contributed by atoms with E-state index in [0.717, 1.165) is 53.2 Å². The fourth-order valence-corrected chi connectivity index (χ4v) is 6.08. The summed E-state index contributed by atoms with van der Waals surface area (Å²) in [5.74, 6) is 1.30. The van der Waals surface area contributed by atoms with Crippen molar-refractivity contribution in [2.75, 3.05) is 12.9 Å². The van der Waals surface area contributed by atoms with E-state index in [1.54, 1.807) is 21.0 Å². The second-order valence-electron chi connectivity index (χ2n) is 8.97. The molecule has 0 spiro atoms. The number of hydrogen-bond acceptors (Lipinski definition) is 5. The number of rotatable bonds is 7. The number of ketones is 1. The molecular formula is C25H30O5S. The summed E-state index contributed by atoms with van der Waals surface area (Å²) >= 11 is 0. The van der Waals surface area contributed by atoms with Crippen molar-refractivity contribution in [3.05, 3.63) is 42.0 Å². The van der Waals surface area contributed by atoms with Crippen molar-refractivity contribution < 1.29 is 22.4 Å². The highest BCUT2D eigenvalue weighted by molar-refractivity contribution is 7.91. The maximum atomic E-state index is 13.1. The van der Waals surface area contributed by atoms with Crippen LogP contribution in [0.2, 0.25) is 0 Å². The molecule has 166 valence electrons. The summed E-state index contributed by atoms with van der Waals surface area (Å²) in [6, 6.07) is 11.7. The Morgan fingerprint density at radius 1 is 1.06 bits per heavy atom. The Bertz CT molecular complexity index is 1200. The number of fused-ring (bicyclic) bond motifs is 3. The number of methoxy groups -OCH3 is 1. The molecule has 0 unspecified atom stereocenters. The van der Waals surface area contributed by atoms with Gasteiger partial charge in [-0.25, -0.2) is 8.42 Å². The molecular weight excluding hydrogens is 412 g/mol. The third-order valence-corrected chi connectivity index (χ3v) is 9.01. The van der Waals surface area contributed by atoms with Crippen LogP contribution in [0.1, 0.15) is 45.1 Å². The standard InChI is InChI=1S/C25H30O5S/c1-16(2)31(27,28)15-17-8-10-18(11-9-17)21(26)14-19-12-13-23-24(25(19)29-3)20-6-4-5-7-22(20)30-23/h4-7,12-13,16-18H,8-11,14-15H2,1-3H3. The van der Waals surface area contributed by atoms with Crippen LogP contribution in [0.25, 0.3) is 21.9 Å². The highest BCUT2D eigenvalue weighted by Crippen LogP contribution is 2.39. The lowest BCUT2D eigenvalue weighted by Crippen LogP contribution is -2.29. The molecule has 4 rings (SSSR count). The lowest BCUT2D eigenvalue weighted by Gasteiger charge is -2.28. The van der Waals surface area contributed by atoms with Crippen LogP contribution in [0, 0.1) is 11.8 Å². The van der Waals surface area contributed by atoms with Crippen molar-refractivity contribution in [1.82, 2.24) is 0 Å². The number of para-hydroxylation sites is 1. The van der Waals surface area contributed by atoms with Gasteiger partial charge in [-0.3, -0.25) is 4.79 Å². The fourth-order valence-electron chi connectivity index (χ4n) is 4.70. The quantitative estimate of drug-likeness (QED) is 0.494. The van der Waals surface area contributed by atoms with Gasteiger partial charge in [-0.05, 0) is 57.6 Å². The number of furan rings is 1. The topological polar surface area (TPSA) is 73.6 Å². The molecule has 0 saturated heterocycles. The van der Waals surface area contributed by atoms with Gasteiger partial charge in [0.15, 0.2) is 9.84 Å². The van der Waals surface area contributed by atoms with Gasteiger partial charge in [0.05, 0.1) is 23.5 Å². The first-order valence-electron chi connectivity index (χ1n) is 11.0. The SMILES string of the molecule is COc1c(CC(=O)C2CCC(CS(=O)(=O)C(C)C)CC2)ccc2oc3ccccc3c12. The van der Waals surface area contributed by atoms with E-state index in [1.807, 2.05) is 36.4 Å². The Hall–Kier alpha value is -2.34. The van der Waals surface area contributed by atoms with E-state index in [-0.39, 0.29) is 28.6 Å². The largest absolute Gasteiger partial charge is 0.496 e. The molecule has 1 fully saturated rings. The van der Waals surface area contributed by atoms with E-state index < -0.39 is 9.84 Å². The summed E-state index contributed by atoms with van der Waals surface area (Å²) in [5, 5.41) is 1.55. The lowest BCUT2D eigenvalue weighted by molar-refractivity contribution is -0.123. The van der Waals surface area contributed by atoms with Gasteiger partial charge in [0.1, 0.15) is 22.7 Å². The zero-order valence-corrected chi connectivity index (χ0v) is 19.2. The smallest absolute Gasteiger partial charge is 0.152 e. The van der Waals surface area contributed by atoms with E-state index in [1.165, 1.54) is 0 Å². The van der Waals surface area contributed by atoms with Gasteiger partial charge in [-0.15, -0.1) is 0 Å². The molecule has 3 aromatic rings. The highest BCUT2D eigenvalue weighted by atomic mass is 32.2. The number of ether oxygens (including phenoxy) is 1. The van der Waals surface area contributed by atoms with E-state index in [2.05, 4.69) is 0 Å². The summed E-state index contributed by atoms with van der Waals surface area (Å²) < 4.78 is 36.1. The number of hydrogen-bond donors (Lipinski definition) is 0. The van der Waals surface area contributed by atoms with Gasteiger partial charge in [-0.2, -0.15) is 0 Å². The Morgan fingerprint density at radius 3 is 2.45 bits per heavy atom. The van der Waals surface area contributed by atoms with Crippen molar-refractivity contribution in [2.45, 2.75) is 51.2 Å². The van der Waals surface area contributed by atoms with Crippen molar-refractivity contribution in [3.63, 3.8) is 0 Å². The van der Waals surface area contributed by atoms with Crippen molar-refractivity contribution in [2.24, 2.45) is 11.8 Å². The second kappa shape index (κ2) is 8.65. The lowest BCUT2D eigenvalue weighted by atomic mass is 9.79. The first kappa shape index (κ1) is 21.9. The van der Waals surface area contributed by atoms with Crippen LogP contribution in [-0.4, -0.2) is 32.3 Å². The third-order valence-electron chi connectivity index (χ3n) is 6.63. The predicted octanol–water partition coefficient (Wildman–Crippen LogP) is 5.34. The Kier molecular flexibility index (Phi) is 6.11. The molecule has 0 aliphatic heterocycles. The molecule has 6 heteroatoms. The maximum absolute atomic E-state index is 13.1. The van der Waals surface area contributed by atoms with Crippen molar-refractivity contribution in [3.8, 4) is 5.75 Å². The molecule has 0 atom stereocenters. The minimum Gasteiger partial charge on any atom is -0.496 e. The minimum absolute atomic E-state index is 0.0144. The number of carbonyl (C=O) groups is 1. The molecule has 0 radical (unpaired) electrons. The number of sulfone groups is 1. The van der Waals surface area contributed by atoms with Gasteiger partial charge < -0.3 is 9.15 Å². The van der Waals surface area contributed by atoms with Crippen LogP contribution < -0.4 is 4.74 Å². The molecule has 1 heterocycles. The van der Waals surface area contributed by atoms with Gasteiger partial charge in [-0.1, -0.05) is 24.3 Å². The second-order valence-corrected chi connectivity index (χ2v) is 11.6. The molecule has 31 heavy (non-hydrogen) atoms. The number of benzene rings is 2. The molecule has 1 aliphatic carbocycles. The summed E-state index contributed by atoms with van der Waals surface area (Å²) in [6.07, 6.45) is 3.43. The van der Waals surface area contributed by atoms with Gasteiger partial charge >= 0.3 is 0 Å². The van der Waals surface area contributed by atoms with Crippen molar-refractivity contribution in [1.29, 1.82) is 0 Å². The maximum Gasteiger partial charge on any atom is 0.152 e. The van der Waals surface area contributed by atoms with Gasteiger partial charge in [0, 0.05) is 23.3 Å². The van der Waals surface area contributed by atoms with Crippen LogP contribution in [0.3, 0.4) is 0 Å². The molecule has 0 N–H and O–H groups in total. The van der Waals surface area contributed by atoms with E-state index >= 15 is 0 Å². The summed E-state index contributed by atoms with van der Waals surface area (Å²) in [7, 11) is -1.41. The third kappa shape index (κ3) is 4.36. The first-order chi connectivity index (χ1) is 14.8. The van der Waals surface area contributed by atoms with Gasteiger partial charge in [0.25, 0.3) is 0 Å². The number of carbonyl (C=O) groups excluding carboxylic acids is 1. The molecule has 2 aromatic carbocycles. The average molecular weight is 443 g/mol. The van der Waals surface area contributed by atoms with Crippen molar-refractivity contribution >= 4 is 37.6 Å².